The zero-order valence-corrected chi connectivity index (χ0v) is 21.9. The third-order valence-corrected chi connectivity index (χ3v) is 6.19. The summed E-state index contributed by atoms with van der Waals surface area (Å²) in [5.41, 5.74) is 0. The first-order valence-electron chi connectivity index (χ1n) is 14.1. The van der Waals surface area contributed by atoms with Crippen molar-refractivity contribution in [1.29, 1.82) is 0 Å². The van der Waals surface area contributed by atoms with E-state index in [-0.39, 0.29) is 12.5 Å². The van der Waals surface area contributed by atoms with Crippen LogP contribution in [0.15, 0.2) is 24.3 Å². The van der Waals surface area contributed by atoms with Gasteiger partial charge < -0.3 is 15.5 Å². The zero-order chi connectivity index (χ0) is 24.4. The number of rotatable bonds is 24. The van der Waals surface area contributed by atoms with Gasteiger partial charge in [-0.2, -0.15) is 0 Å². The molecule has 0 aromatic heterocycles. The lowest BCUT2D eigenvalue weighted by Gasteiger charge is -2.19. The van der Waals surface area contributed by atoms with E-state index < -0.39 is 12.1 Å². The Balaban J connectivity index is 3.77. The lowest BCUT2D eigenvalue weighted by molar-refractivity contribution is -0.123. The molecule has 0 radical (unpaired) electrons. The number of carbonyl (C=O) groups excluding carboxylic acids is 1. The molecule has 0 aliphatic rings. The van der Waals surface area contributed by atoms with Gasteiger partial charge in [-0.25, -0.2) is 0 Å². The van der Waals surface area contributed by atoms with Gasteiger partial charge in [-0.1, -0.05) is 122 Å². The topological polar surface area (TPSA) is 69.6 Å². The number of nitrogens with one attached hydrogen (secondary N) is 1. The standard InChI is InChI=1S/C29H55NO3/c1-3-5-7-9-11-12-13-14-15-16-17-19-20-22-24-28(32)27(26-31)30-29(33)25-23-21-18-10-8-6-4-2/h16-17,22,24,27-28,31-32H,3-15,18-21,23,25-26H2,1-2H3,(H,30,33)/b17-16+,24-22+/t27-,28+/m0/s1. The molecule has 4 nitrogen and oxygen atoms in total. The van der Waals surface area contributed by atoms with Gasteiger partial charge in [-0.3, -0.25) is 4.79 Å². The van der Waals surface area contributed by atoms with Gasteiger partial charge in [0.25, 0.3) is 0 Å². The number of carbonyl (C=O) groups is 1. The number of amides is 1. The molecular weight excluding hydrogens is 410 g/mol. The van der Waals surface area contributed by atoms with E-state index in [9.17, 15) is 15.0 Å². The van der Waals surface area contributed by atoms with Gasteiger partial charge in [0.15, 0.2) is 0 Å². The van der Waals surface area contributed by atoms with Crippen LogP contribution in [-0.4, -0.2) is 34.9 Å². The van der Waals surface area contributed by atoms with Crippen molar-refractivity contribution < 1.29 is 15.0 Å². The summed E-state index contributed by atoms with van der Waals surface area (Å²) in [7, 11) is 0. The van der Waals surface area contributed by atoms with Gasteiger partial charge in [0.2, 0.25) is 5.91 Å². The van der Waals surface area contributed by atoms with Crippen LogP contribution in [0.2, 0.25) is 0 Å². The molecule has 0 bridgehead atoms. The summed E-state index contributed by atoms with van der Waals surface area (Å²) in [5, 5.41) is 22.6. The van der Waals surface area contributed by atoms with Crippen molar-refractivity contribution in [3.05, 3.63) is 24.3 Å². The zero-order valence-electron chi connectivity index (χ0n) is 21.9. The fourth-order valence-corrected chi connectivity index (χ4v) is 3.95. The molecule has 4 heteroatoms. The third-order valence-electron chi connectivity index (χ3n) is 6.19. The van der Waals surface area contributed by atoms with Crippen LogP contribution in [0.3, 0.4) is 0 Å². The molecular formula is C29H55NO3. The second-order valence-corrected chi connectivity index (χ2v) is 9.46. The highest BCUT2D eigenvalue weighted by atomic mass is 16.3. The molecule has 0 aliphatic carbocycles. The lowest BCUT2D eigenvalue weighted by Crippen LogP contribution is -2.45. The van der Waals surface area contributed by atoms with Crippen molar-refractivity contribution in [2.24, 2.45) is 0 Å². The van der Waals surface area contributed by atoms with E-state index in [1.165, 1.54) is 83.5 Å². The van der Waals surface area contributed by atoms with E-state index >= 15 is 0 Å². The Labute approximate surface area is 205 Å². The Hall–Kier alpha value is -1.13. The smallest absolute Gasteiger partial charge is 0.220 e. The Kier molecular flexibility index (Phi) is 24.6. The van der Waals surface area contributed by atoms with Crippen LogP contribution in [0.1, 0.15) is 136 Å². The Morgan fingerprint density at radius 2 is 1.18 bits per heavy atom. The second kappa shape index (κ2) is 25.5. The van der Waals surface area contributed by atoms with Gasteiger partial charge in [-0.15, -0.1) is 0 Å². The van der Waals surface area contributed by atoms with Crippen molar-refractivity contribution in [3.8, 4) is 0 Å². The van der Waals surface area contributed by atoms with Crippen LogP contribution in [0.25, 0.3) is 0 Å². The van der Waals surface area contributed by atoms with Gasteiger partial charge >= 0.3 is 0 Å². The molecule has 3 N–H and O–H groups in total. The average Bonchev–Trinajstić information content (AvgIpc) is 2.82. The maximum atomic E-state index is 12.1. The van der Waals surface area contributed by atoms with Gasteiger partial charge in [0.1, 0.15) is 0 Å². The van der Waals surface area contributed by atoms with Crippen LogP contribution in [-0.2, 0) is 4.79 Å². The van der Waals surface area contributed by atoms with E-state index in [2.05, 4.69) is 31.3 Å². The van der Waals surface area contributed by atoms with Crippen molar-refractivity contribution in [3.63, 3.8) is 0 Å². The molecule has 0 saturated heterocycles. The highest BCUT2D eigenvalue weighted by Gasteiger charge is 2.17. The SMILES string of the molecule is CCCCCCCCCC/C=C/CC/C=C/[C@@H](O)[C@H](CO)NC(=O)CCCCCCCCC. The van der Waals surface area contributed by atoms with Gasteiger partial charge in [0, 0.05) is 6.42 Å². The third kappa shape index (κ3) is 22.4. The predicted octanol–water partition coefficient (Wildman–Crippen LogP) is 7.39. The van der Waals surface area contributed by atoms with Gasteiger partial charge in [-0.05, 0) is 32.1 Å². The molecule has 194 valence electrons. The van der Waals surface area contributed by atoms with Crippen molar-refractivity contribution in [1.82, 2.24) is 5.32 Å². The first kappa shape index (κ1) is 31.9. The number of allylic oxidation sites excluding steroid dienone is 3. The van der Waals surface area contributed by atoms with Crippen molar-refractivity contribution in [2.45, 2.75) is 148 Å². The van der Waals surface area contributed by atoms with Crippen LogP contribution >= 0.6 is 0 Å². The summed E-state index contributed by atoms with van der Waals surface area (Å²) < 4.78 is 0. The fourth-order valence-electron chi connectivity index (χ4n) is 3.95. The summed E-state index contributed by atoms with van der Waals surface area (Å²) in [6, 6.07) is -0.629. The molecule has 2 atom stereocenters. The predicted molar refractivity (Wildman–Crippen MR) is 142 cm³/mol. The summed E-state index contributed by atoms with van der Waals surface area (Å²) in [4.78, 5) is 12.1. The number of unbranched alkanes of at least 4 members (excludes halogenated alkanes) is 15. The average molecular weight is 466 g/mol. The van der Waals surface area contributed by atoms with Crippen LogP contribution in [0.5, 0.6) is 0 Å². The molecule has 0 unspecified atom stereocenters. The highest BCUT2D eigenvalue weighted by molar-refractivity contribution is 5.76. The van der Waals surface area contributed by atoms with Crippen LogP contribution in [0.4, 0.5) is 0 Å². The summed E-state index contributed by atoms with van der Waals surface area (Å²) in [6.45, 7) is 4.21. The lowest BCUT2D eigenvalue weighted by atomic mass is 10.1. The Morgan fingerprint density at radius 3 is 1.76 bits per heavy atom. The van der Waals surface area contributed by atoms with Crippen LogP contribution in [0, 0.1) is 0 Å². The largest absolute Gasteiger partial charge is 0.394 e. The molecule has 0 saturated carbocycles. The highest BCUT2D eigenvalue weighted by Crippen LogP contribution is 2.11. The second-order valence-electron chi connectivity index (χ2n) is 9.46. The minimum Gasteiger partial charge on any atom is -0.394 e. The fraction of sp³-hybridized carbons (Fsp3) is 0.828. The quantitative estimate of drug-likeness (QED) is 0.103. The van der Waals surface area contributed by atoms with Crippen molar-refractivity contribution in [2.75, 3.05) is 6.61 Å². The van der Waals surface area contributed by atoms with Gasteiger partial charge in [0.05, 0.1) is 18.8 Å². The Morgan fingerprint density at radius 1 is 0.697 bits per heavy atom. The number of hydrogen-bond donors (Lipinski definition) is 3. The van der Waals surface area contributed by atoms with E-state index in [4.69, 9.17) is 0 Å². The first-order valence-corrected chi connectivity index (χ1v) is 14.1. The maximum absolute atomic E-state index is 12.1. The van der Waals surface area contributed by atoms with E-state index in [0.717, 1.165) is 32.1 Å². The summed E-state index contributed by atoms with van der Waals surface area (Å²) >= 11 is 0. The number of aliphatic hydroxyl groups excluding tert-OH is 2. The van der Waals surface area contributed by atoms with Crippen LogP contribution < -0.4 is 5.32 Å². The molecule has 0 rings (SSSR count). The Bertz CT molecular complexity index is 475. The molecule has 0 spiro atoms. The summed E-state index contributed by atoms with van der Waals surface area (Å²) in [6.07, 6.45) is 29.7. The van der Waals surface area contributed by atoms with Crippen molar-refractivity contribution >= 4 is 5.91 Å². The molecule has 1 amide bonds. The molecule has 0 aromatic rings. The molecule has 0 aromatic carbocycles. The monoisotopic (exact) mass is 465 g/mol. The van der Waals surface area contributed by atoms with E-state index in [1.807, 2.05) is 6.08 Å². The summed E-state index contributed by atoms with van der Waals surface area (Å²) in [5.74, 6) is -0.0843. The molecule has 0 aliphatic heterocycles. The minimum atomic E-state index is -0.853. The maximum Gasteiger partial charge on any atom is 0.220 e. The van der Waals surface area contributed by atoms with E-state index in [0.29, 0.717) is 6.42 Å². The first-order chi connectivity index (χ1) is 16.2. The number of aliphatic hydroxyl groups is 2. The minimum absolute atomic E-state index is 0.0843. The number of hydrogen-bond acceptors (Lipinski definition) is 3. The molecule has 0 heterocycles. The molecule has 0 fully saturated rings. The normalized spacial score (nSPS) is 13.7. The van der Waals surface area contributed by atoms with E-state index in [1.54, 1.807) is 6.08 Å². The molecule has 33 heavy (non-hydrogen) atoms.